The lowest BCUT2D eigenvalue weighted by molar-refractivity contribution is 0.475. The fourth-order valence-electron chi connectivity index (χ4n) is 3.86. The lowest BCUT2D eigenvalue weighted by atomic mass is 10.1. The third-order valence-corrected chi connectivity index (χ3v) is 7.98. The van der Waals surface area contributed by atoms with E-state index in [0.29, 0.717) is 11.6 Å². The van der Waals surface area contributed by atoms with Crippen LogP contribution in [0, 0.1) is 0 Å². The van der Waals surface area contributed by atoms with E-state index in [9.17, 15) is 5.11 Å². The predicted molar refractivity (Wildman–Crippen MR) is 155 cm³/mol. The molecule has 1 atom stereocenters. The molecule has 1 fully saturated rings. The Morgan fingerprint density at radius 2 is 2.19 bits per heavy atom. The molecule has 10 heteroatoms. The van der Waals surface area contributed by atoms with Crippen molar-refractivity contribution in [2.24, 2.45) is 4.99 Å². The first-order chi connectivity index (χ1) is 17.6. The summed E-state index contributed by atoms with van der Waals surface area (Å²) in [6.07, 6.45) is 10.6. The Morgan fingerprint density at radius 3 is 2.94 bits per heavy atom. The number of aromatic nitrogens is 2. The molecular weight excluding hydrogens is 512 g/mol. The molecule has 1 unspecified atom stereocenters. The van der Waals surface area contributed by atoms with E-state index in [0.717, 1.165) is 53.5 Å². The molecule has 2 heterocycles. The van der Waals surface area contributed by atoms with Crippen LogP contribution >= 0.6 is 35.3 Å². The zero-order valence-electron chi connectivity index (χ0n) is 20.0. The molecular formula is C26H29ClN6OS2. The highest BCUT2D eigenvalue weighted by atomic mass is 35.5. The van der Waals surface area contributed by atoms with E-state index in [4.69, 9.17) is 16.6 Å². The number of halogens is 1. The van der Waals surface area contributed by atoms with Gasteiger partial charge < -0.3 is 15.7 Å². The summed E-state index contributed by atoms with van der Waals surface area (Å²) in [7, 11) is 1.84. The minimum absolute atomic E-state index is 0.167. The number of nitrogens with one attached hydrogen (secondary N) is 2. The molecule has 4 rings (SSSR count). The van der Waals surface area contributed by atoms with Gasteiger partial charge in [0, 0.05) is 54.1 Å². The fraction of sp³-hybridized carbons (Fsp3) is 0.269. The minimum Gasteiger partial charge on any atom is -0.508 e. The van der Waals surface area contributed by atoms with Crippen LogP contribution in [0.3, 0.4) is 0 Å². The van der Waals surface area contributed by atoms with Crippen molar-refractivity contribution in [1.82, 2.24) is 19.6 Å². The van der Waals surface area contributed by atoms with Gasteiger partial charge in [-0.25, -0.2) is 14.3 Å². The molecule has 0 spiro atoms. The minimum atomic E-state index is 0.167. The molecule has 2 aliphatic rings. The number of phenolic OH excluding ortho intramolecular Hbond substituents is 1. The number of rotatable bonds is 10. The number of aromatic hydroxyl groups is 1. The molecule has 0 radical (unpaired) electrons. The van der Waals surface area contributed by atoms with Crippen LogP contribution in [0.1, 0.15) is 30.5 Å². The molecule has 1 aromatic heterocycles. The van der Waals surface area contributed by atoms with Gasteiger partial charge in [0.05, 0.1) is 16.3 Å². The number of phenols is 1. The van der Waals surface area contributed by atoms with Crippen molar-refractivity contribution in [2.75, 3.05) is 25.5 Å². The van der Waals surface area contributed by atoms with Crippen LogP contribution in [0.2, 0.25) is 0 Å². The molecule has 7 nitrogen and oxygen atoms in total. The quantitative estimate of drug-likeness (QED) is 0.247. The maximum Gasteiger partial charge on any atom is 0.223 e. The summed E-state index contributed by atoms with van der Waals surface area (Å²) in [6, 6.07) is 9.09. The zero-order chi connectivity index (χ0) is 25.3. The summed E-state index contributed by atoms with van der Waals surface area (Å²) < 4.78 is 2.38. The van der Waals surface area contributed by atoms with Crippen molar-refractivity contribution in [2.45, 2.75) is 25.3 Å². The number of aliphatic imine (C=N–C) groups is 1. The topological polar surface area (TPSA) is 85.7 Å². The van der Waals surface area contributed by atoms with Crippen LogP contribution in [-0.2, 0) is 0 Å². The molecule has 1 aliphatic heterocycles. The SMILES string of the molecule is C=N/C(=C(\S/C=C\NC)c1ccnc(NC2CCN(SC3=CC=C(Cl)CC3)C2)n1)c1cccc(O)c1. The van der Waals surface area contributed by atoms with E-state index < -0.39 is 0 Å². The summed E-state index contributed by atoms with van der Waals surface area (Å²) in [4.78, 5) is 15.7. The Hall–Kier alpha value is -2.72. The van der Waals surface area contributed by atoms with Crippen molar-refractivity contribution < 1.29 is 5.11 Å². The van der Waals surface area contributed by atoms with Crippen LogP contribution in [0.15, 0.2) is 75.2 Å². The fourth-order valence-corrected chi connectivity index (χ4v) is 5.99. The second-order valence-corrected chi connectivity index (χ2v) is 10.8. The van der Waals surface area contributed by atoms with E-state index in [1.165, 1.54) is 16.7 Å². The van der Waals surface area contributed by atoms with Crippen LogP contribution in [0.25, 0.3) is 10.6 Å². The van der Waals surface area contributed by atoms with Crippen LogP contribution in [0.4, 0.5) is 5.95 Å². The first-order valence-corrected chi connectivity index (χ1v) is 13.7. The maximum atomic E-state index is 10.00. The van der Waals surface area contributed by atoms with Gasteiger partial charge >= 0.3 is 0 Å². The van der Waals surface area contributed by atoms with E-state index in [1.54, 1.807) is 24.4 Å². The van der Waals surface area contributed by atoms with Crippen molar-refractivity contribution >= 4 is 58.6 Å². The van der Waals surface area contributed by atoms with E-state index >= 15 is 0 Å². The Kier molecular flexibility index (Phi) is 9.52. The largest absolute Gasteiger partial charge is 0.508 e. The van der Waals surface area contributed by atoms with Crippen molar-refractivity contribution in [3.63, 3.8) is 0 Å². The van der Waals surface area contributed by atoms with Crippen LogP contribution < -0.4 is 10.6 Å². The van der Waals surface area contributed by atoms with E-state index in [1.807, 2.05) is 48.8 Å². The standard InChI is InChI=1S/C26H29ClN6OS2/c1-28-13-15-35-25(24(29-2)18-4-3-5-21(34)16-18)23-10-12-30-26(32-23)31-20-11-14-33(17-20)36-22-8-6-19(27)7-9-22/h3-6,8,10,12-13,15-16,20,28,34H,2,7,9,11,14,17H2,1H3,(H,30,31,32)/b15-13-,25-24-. The summed E-state index contributed by atoms with van der Waals surface area (Å²) >= 11 is 9.38. The number of hydrogen-bond acceptors (Lipinski definition) is 9. The first-order valence-electron chi connectivity index (χ1n) is 11.6. The number of hydrogen-bond donors (Lipinski definition) is 3. The molecule has 2 aromatic rings. The predicted octanol–water partition coefficient (Wildman–Crippen LogP) is 6.07. The second-order valence-electron chi connectivity index (χ2n) is 8.22. The highest BCUT2D eigenvalue weighted by Gasteiger charge is 2.25. The maximum absolute atomic E-state index is 10.00. The van der Waals surface area contributed by atoms with Crippen molar-refractivity contribution in [3.05, 3.63) is 81.5 Å². The molecule has 36 heavy (non-hydrogen) atoms. The zero-order valence-corrected chi connectivity index (χ0v) is 22.4. The average Bonchev–Trinajstić information content (AvgIpc) is 3.32. The Morgan fingerprint density at radius 1 is 1.31 bits per heavy atom. The molecule has 1 aliphatic carbocycles. The summed E-state index contributed by atoms with van der Waals surface area (Å²) in [5.74, 6) is 0.742. The van der Waals surface area contributed by atoms with Crippen molar-refractivity contribution in [1.29, 1.82) is 0 Å². The Labute approximate surface area is 225 Å². The van der Waals surface area contributed by atoms with E-state index in [-0.39, 0.29) is 11.8 Å². The first kappa shape index (κ1) is 26.3. The average molecular weight is 541 g/mol. The van der Waals surface area contributed by atoms with Gasteiger partial charge in [0.25, 0.3) is 0 Å². The number of benzene rings is 1. The highest BCUT2D eigenvalue weighted by Crippen LogP contribution is 2.37. The smallest absolute Gasteiger partial charge is 0.223 e. The molecule has 0 bridgehead atoms. The highest BCUT2D eigenvalue weighted by molar-refractivity contribution is 8.11. The van der Waals surface area contributed by atoms with Gasteiger partial charge in [0.2, 0.25) is 5.95 Å². The summed E-state index contributed by atoms with van der Waals surface area (Å²) in [5.41, 5.74) is 2.12. The number of allylic oxidation sites excluding steroid dienone is 4. The third-order valence-electron chi connectivity index (χ3n) is 5.59. The molecule has 0 amide bonds. The molecule has 188 valence electrons. The summed E-state index contributed by atoms with van der Waals surface area (Å²) in [5, 5.41) is 19.3. The van der Waals surface area contributed by atoms with Gasteiger partial charge in [-0.15, -0.1) is 0 Å². The van der Waals surface area contributed by atoms with Gasteiger partial charge in [0.15, 0.2) is 0 Å². The van der Waals surface area contributed by atoms with Crippen molar-refractivity contribution in [3.8, 4) is 5.75 Å². The Balaban J connectivity index is 1.52. The van der Waals surface area contributed by atoms with Crippen LogP contribution in [0.5, 0.6) is 5.75 Å². The lowest BCUT2D eigenvalue weighted by Gasteiger charge is -2.19. The van der Waals surface area contributed by atoms with Gasteiger partial charge in [0.1, 0.15) is 5.75 Å². The summed E-state index contributed by atoms with van der Waals surface area (Å²) in [6.45, 7) is 5.68. The molecule has 1 aromatic carbocycles. The van der Waals surface area contributed by atoms with Gasteiger partial charge in [-0.1, -0.05) is 41.6 Å². The van der Waals surface area contributed by atoms with E-state index in [2.05, 4.69) is 37.7 Å². The number of nitrogens with zero attached hydrogens (tertiary/aromatic N) is 4. The normalized spacial score (nSPS) is 19.0. The van der Waals surface area contributed by atoms with Gasteiger partial charge in [-0.3, -0.25) is 4.99 Å². The molecule has 1 saturated heterocycles. The lowest BCUT2D eigenvalue weighted by Crippen LogP contribution is -2.24. The monoisotopic (exact) mass is 540 g/mol. The second kappa shape index (κ2) is 13.0. The third kappa shape index (κ3) is 7.16. The molecule has 0 saturated carbocycles. The Bertz CT molecular complexity index is 1210. The van der Waals surface area contributed by atoms with Gasteiger partial charge in [-0.05, 0) is 67.6 Å². The number of thioether (sulfide) groups is 1. The number of anilines is 1. The van der Waals surface area contributed by atoms with Gasteiger partial charge in [-0.2, -0.15) is 0 Å². The molecule has 3 N–H and O–H groups in total. The van der Waals surface area contributed by atoms with Crippen LogP contribution in [-0.4, -0.2) is 52.3 Å².